The van der Waals surface area contributed by atoms with Crippen molar-refractivity contribution in [3.8, 4) is 17.1 Å². The Morgan fingerprint density at radius 3 is 2.27 bits per heavy atom. The quantitative estimate of drug-likeness (QED) is 0.189. The number of nitrogens with zero attached hydrogens (tertiary/aromatic N) is 1. The van der Waals surface area contributed by atoms with E-state index in [1.807, 2.05) is 78.9 Å². The van der Waals surface area contributed by atoms with Crippen molar-refractivity contribution in [2.75, 3.05) is 26.2 Å². The van der Waals surface area contributed by atoms with Gasteiger partial charge in [-0.25, -0.2) is 0 Å². The van der Waals surface area contributed by atoms with Crippen molar-refractivity contribution >= 4 is 16.8 Å². The van der Waals surface area contributed by atoms with Gasteiger partial charge < -0.3 is 14.1 Å². The van der Waals surface area contributed by atoms with Gasteiger partial charge in [0.2, 0.25) is 0 Å². The van der Waals surface area contributed by atoms with Crippen molar-refractivity contribution in [2.45, 2.75) is 26.7 Å². The molecule has 4 nitrogen and oxygen atoms in total. The highest BCUT2D eigenvalue weighted by Crippen LogP contribution is 2.35. The van der Waals surface area contributed by atoms with Crippen molar-refractivity contribution in [3.63, 3.8) is 0 Å². The van der Waals surface area contributed by atoms with E-state index in [1.54, 1.807) is 0 Å². The fraction of sp³-hybridized carbons (Fsp3) is 0.276. The molecule has 0 aliphatic heterocycles. The Labute approximate surface area is 195 Å². The molecule has 0 saturated carbocycles. The Bertz CT molecular complexity index is 1170. The van der Waals surface area contributed by atoms with Crippen molar-refractivity contribution in [3.05, 3.63) is 90.0 Å². The summed E-state index contributed by atoms with van der Waals surface area (Å²) in [6.45, 7) is 8.34. The van der Waals surface area contributed by atoms with Crippen LogP contribution in [0.5, 0.6) is 5.75 Å². The maximum atomic E-state index is 13.5. The van der Waals surface area contributed by atoms with Crippen LogP contribution in [0.3, 0.4) is 0 Å². The number of ketones is 1. The molecule has 170 valence electrons. The van der Waals surface area contributed by atoms with E-state index >= 15 is 0 Å². The van der Waals surface area contributed by atoms with E-state index in [0.717, 1.165) is 49.2 Å². The SMILES string of the molecule is CCN(CC)CCCCOc1ccc(C(=O)c2c(-c3ccccc3)oc3ccccc23)cc1. The topological polar surface area (TPSA) is 42.7 Å². The number of ether oxygens (including phenoxy) is 1. The Morgan fingerprint density at radius 2 is 1.55 bits per heavy atom. The molecule has 4 aromatic rings. The predicted octanol–water partition coefficient (Wildman–Crippen LogP) is 6.83. The van der Waals surface area contributed by atoms with Gasteiger partial charge in [-0.1, -0.05) is 62.4 Å². The standard InChI is InChI=1S/C29H31NO3/c1-3-30(4-2)20-10-11-21-32-24-18-16-22(17-19-24)28(31)27-25-14-8-9-15-26(25)33-29(27)23-12-6-5-7-13-23/h5-9,12-19H,3-4,10-11,20-21H2,1-2H3. The van der Waals surface area contributed by atoms with Crippen LogP contribution in [-0.2, 0) is 0 Å². The Kier molecular flexibility index (Phi) is 7.59. The minimum absolute atomic E-state index is 0.0513. The first kappa shape index (κ1) is 22.8. The molecule has 0 N–H and O–H groups in total. The molecule has 1 heterocycles. The van der Waals surface area contributed by atoms with Crippen molar-refractivity contribution in [2.24, 2.45) is 0 Å². The van der Waals surface area contributed by atoms with Crippen LogP contribution in [0.4, 0.5) is 0 Å². The zero-order valence-electron chi connectivity index (χ0n) is 19.4. The zero-order valence-corrected chi connectivity index (χ0v) is 19.4. The maximum Gasteiger partial charge on any atom is 0.197 e. The summed E-state index contributed by atoms with van der Waals surface area (Å²) in [5.41, 5.74) is 2.82. The monoisotopic (exact) mass is 441 g/mol. The minimum atomic E-state index is -0.0513. The van der Waals surface area contributed by atoms with Gasteiger partial charge in [-0.15, -0.1) is 0 Å². The van der Waals surface area contributed by atoms with Crippen LogP contribution in [0.1, 0.15) is 42.6 Å². The Morgan fingerprint density at radius 1 is 0.848 bits per heavy atom. The molecule has 0 fully saturated rings. The highest BCUT2D eigenvalue weighted by atomic mass is 16.5. The van der Waals surface area contributed by atoms with Crippen LogP contribution in [-0.4, -0.2) is 36.9 Å². The fourth-order valence-electron chi connectivity index (χ4n) is 4.08. The van der Waals surface area contributed by atoms with Gasteiger partial charge in [0.1, 0.15) is 17.1 Å². The molecule has 4 rings (SSSR count). The summed E-state index contributed by atoms with van der Waals surface area (Å²) in [5.74, 6) is 1.34. The second-order valence-electron chi connectivity index (χ2n) is 8.10. The summed E-state index contributed by atoms with van der Waals surface area (Å²) in [4.78, 5) is 16.0. The highest BCUT2D eigenvalue weighted by Gasteiger charge is 2.23. The number of hydrogen-bond donors (Lipinski definition) is 0. The zero-order chi connectivity index (χ0) is 23.0. The number of carbonyl (C=O) groups is 1. The van der Waals surface area contributed by atoms with E-state index in [-0.39, 0.29) is 5.78 Å². The second kappa shape index (κ2) is 11.0. The van der Waals surface area contributed by atoms with E-state index in [0.29, 0.717) is 29.1 Å². The number of hydrogen-bond acceptors (Lipinski definition) is 4. The molecule has 1 aromatic heterocycles. The van der Waals surface area contributed by atoms with Gasteiger partial charge in [0.15, 0.2) is 5.78 Å². The van der Waals surface area contributed by atoms with Gasteiger partial charge in [0, 0.05) is 16.5 Å². The number of unbranched alkanes of at least 4 members (excludes halogenated alkanes) is 1. The van der Waals surface area contributed by atoms with Crippen LogP contribution in [0.2, 0.25) is 0 Å². The van der Waals surface area contributed by atoms with Crippen LogP contribution >= 0.6 is 0 Å². The van der Waals surface area contributed by atoms with Gasteiger partial charge in [-0.2, -0.15) is 0 Å². The number of benzene rings is 3. The average Bonchev–Trinajstić information content (AvgIpc) is 3.26. The summed E-state index contributed by atoms with van der Waals surface area (Å²) in [6, 6.07) is 24.9. The first-order valence-electron chi connectivity index (χ1n) is 11.8. The summed E-state index contributed by atoms with van der Waals surface area (Å²) in [6.07, 6.45) is 2.13. The summed E-state index contributed by atoms with van der Waals surface area (Å²) < 4.78 is 12.0. The third kappa shape index (κ3) is 5.35. The molecule has 0 aliphatic rings. The molecular weight excluding hydrogens is 410 g/mol. The number of carbonyl (C=O) groups excluding carboxylic acids is 1. The lowest BCUT2D eigenvalue weighted by atomic mass is 9.97. The van der Waals surface area contributed by atoms with E-state index in [9.17, 15) is 4.79 Å². The molecule has 0 atom stereocenters. The van der Waals surface area contributed by atoms with Gasteiger partial charge in [0.25, 0.3) is 0 Å². The molecule has 0 saturated heterocycles. The lowest BCUT2D eigenvalue weighted by Crippen LogP contribution is -2.24. The number of furan rings is 1. The third-order valence-electron chi connectivity index (χ3n) is 6.01. The summed E-state index contributed by atoms with van der Waals surface area (Å²) in [5, 5.41) is 0.829. The Balaban J connectivity index is 1.48. The third-order valence-corrected chi connectivity index (χ3v) is 6.01. The average molecular weight is 442 g/mol. The molecular formula is C29H31NO3. The molecule has 0 spiro atoms. The number of para-hydroxylation sites is 1. The molecule has 33 heavy (non-hydrogen) atoms. The predicted molar refractivity (Wildman–Crippen MR) is 134 cm³/mol. The molecule has 0 unspecified atom stereocenters. The van der Waals surface area contributed by atoms with Crippen LogP contribution in [0.25, 0.3) is 22.3 Å². The van der Waals surface area contributed by atoms with Crippen LogP contribution in [0.15, 0.2) is 83.3 Å². The maximum absolute atomic E-state index is 13.5. The van der Waals surface area contributed by atoms with Crippen LogP contribution in [0, 0.1) is 0 Å². The van der Waals surface area contributed by atoms with Crippen molar-refractivity contribution in [1.29, 1.82) is 0 Å². The van der Waals surface area contributed by atoms with Gasteiger partial charge in [-0.05, 0) is 62.8 Å². The minimum Gasteiger partial charge on any atom is -0.494 e. The molecule has 3 aromatic carbocycles. The molecule has 0 radical (unpaired) electrons. The van der Waals surface area contributed by atoms with Gasteiger partial charge in [-0.3, -0.25) is 4.79 Å². The number of fused-ring (bicyclic) bond motifs is 1. The summed E-state index contributed by atoms with van der Waals surface area (Å²) >= 11 is 0. The van der Waals surface area contributed by atoms with Gasteiger partial charge >= 0.3 is 0 Å². The smallest absolute Gasteiger partial charge is 0.197 e. The van der Waals surface area contributed by atoms with E-state index in [2.05, 4.69) is 18.7 Å². The largest absolute Gasteiger partial charge is 0.494 e. The van der Waals surface area contributed by atoms with E-state index in [1.165, 1.54) is 0 Å². The van der Waals surface area contributed by atoms with E-state index < -0.39 is 0 Å². The molecule has 0 amide bonds. The molecule has 0 bridgehead atoms. The lowest BCUT2D eigenvalue weighted by Gasteiger charge is -2.17. The first-order valence-corrected chi connectivity index (χ1v) is 11.8. The fourth-order valence-corrected chi connectivity index (χ4v) is 4.08. The number of rotatable bonds is 11. The molecule has 0 aliphatic carbocycles. The lowest BCUT2D eigenvalue weighted by molar-refractivity contribution is 0.104. The van der Waals surface area contributed by atoms with E-state index in [4.69, 9.17) is 9.15 Å². The van der Waals surface area contributed by atoms with Crippen molar-refractivity contribution < 1.29 is 13.9 Å². The summed E-state index contributed by atoms with van der Waals surface area (Å²) in [7, 11) is 0. The second-order valence-corrected chi connectivity index (χ2v) is 8.10. The normalized spacial score (nSPS) is 11.2. The first-order chi connectivity index (χ1) is 16.2. The van der Waals surface area contributed by atoms with Gasteiger partial charge in [0.05, 0.1) is 12.2 Å². The molecule has 4 heteroatoms. The van der Waals surface area contributed by atoms with Crippen molar-refractivity contribution in [1.82, 2.24) is 4.90 Å². The van der Waals surface area contributed by atoms with Crippen LogP contribution < -0.4 is 4.74 Å². The Hall–Kier alpha value is -3.37. The highest BCUT2D eigenvalue weighted by molar-refractivity contribution is 6.19.